The normalized spacial score (nSPS) is 16.2. The molecule has 2 aromatic heterocycles. The molecule has 0 aliphatic carbocycles. The highest BCUT2D eigenvalue weighted by Gasteiger charge is 2.33. The zero-order valence-corrected chi connectivity index (χ0v) is 16.5. The third-order valence-corrected chi connectivity index (χ3v) is 5.16. The van der Waals surface area contributed by atoms with E-state index >= 15 is 0 Å². The molecule has 8 heteroatoms. The van der Waals surface area contributed by atoms with Gasteiger partial charge in [-0.2, -0.15) is 5.10 Å². The van der Waals surface area contributed by atoms with Crippen LogP contribution in [0.15, 0.2) is 42.7 Å². The van der Waals surface area contributed by atoms with Crippen molar-refractivity contribution < 1.29 is 9.18 Å². The summed E-state index contributed by atoms with van der Waals surface area (Å²) in [6.45, 7) is 0.690. The first kappa shape index (κ1) is 19.0. The molecular weight excluding hydrogens is 371 g/mol. The number of halogens is 1. The summed E-state index contributed by atoms with van der Waals surface area (Å²) in [7, 11) is 3.78. The third kappa shape index (κ3) is 3.96. The molecule has 1 N–H and O–H groups in total. The number of hydrogen-bond acceptors (Lipinski definition) is 5. The maximum atomic E-state index is 13.1. The van der Waals surface area contributed by atoms with Crippen LogP contribution in [0.1, 0.15) is 30.1 Å². The summed E-state index contributed by atoms with van der Waals surface area (Å²) in [5.41, 5.74) is 3.34. The van der Waals surface area contributed by atoms with Gasteiger partial charge in [0.05, 0.1) is 30.0 Å². The molecule has 0 saturated carbocycles. The van der Waals surface area contributed by atoms with Crippen LogP contribution in [0.5, 0.6) is 0 Å². The lowest BCUT2D eigenvalue weighted by Crippen LogP contribution is -2.32. The van der Waals surface area contributed by atoms with Gasteiger partial charge >= 0.3 is 0 Å². The number of benzene rings is 1. The maximum absolute atomic E-state index is 13.1. The molecule has 0 unspecified atom stereocenters. The number of amides is 1. The number of hydrogen-bond donors (Lipinski definition) is 1. The molecule has 1 amide bonds. The molecule has 0 bridgehead atoms. The van der Waals surface area contributed by atoms with E-state index in [2.05, 4.69) is 20.2 Å². The lowest BCUT2D eigenvalue weighted by Gasteiger charge is -2.25. The summed E-state index contributed by atoms with van der Waals surface area (Å²) in [5.74, 6) is 0.339. The van der Waals surface area contributed by atoms with E-state index in [1.54, 1.807) is 24.5 Å². The summed E-state index contributed by atoms with van der Waals surface area (Å²) in [6, 6.07) is 7.84. The smallest absolute Gasteiger partial charge is 0.227 e. The monoisotopic (exact) mass is 394 g/mol. The zero-order chi connectivity index (χ0) is 20.4. The number of nitrogens with one attached hydrogen (secondary N) is 1. The van der Waals surface area contributed by atoms with Crippen LogP contribution in [0.4, 0.5) is 10.3 Å². The highest BCUT2D eigenvalue weighted by atomic mass is 19.1. The molecular formula is C21H23FN6O. The first-order valence-corrected chi connectivity index (χ1v) is 9.61. The number of H-pyrrole nitrogens is 1. The molecule has 4 rings (SSSR count). The van der Waals surface area contributed by atoms with Crippen LogP contribution < -0.4 is 4.90 Å². The first-order chi connectivity index (χ1) is 14.0. The second-order valence-corrected chi connectivity index (χ2v) is 7.38. The summed E-state index contributed by atoms with van der Waals surface area (Å²) >= 11 is 0. The topological polar surface area (TPSA) is 78.0 Å². The van der Waals surface area contributed by atoms with Crippen molar-refractivity contribution in [2.24, 2.45) is 0 Å². The molecule has 1 atom stereocenters. The van der Waals surface area contributed by atoms with Gasteiger partial charge < -0.3 is 9.80 Å². The van der Waals surface area contributed by atoms with Crippen molar-refractivity contribution in [3.63, 3.8) is 0 Å². The fourth-order valence-electron chi connectivity index (χ4n) is 3.71. The summed E-state index contributed by atoms with van der Waals surface area (Å²) in [4.78, 5) is 25.6. The van der Waals surface area contributed by atoms with Crippen molar-refractivity contribution in [3.05, 3.63) is 59.8 Å². The molecule has 0 spiro atoms. The van der Waals surface area contributed by atoms with Crippen molar-refractivity contribution in [1.29, 1.82) is 0 Å². The number of carbonyl (C=O) groups excluding carboxylic acids is 1. The van der Waals surface area contributed by atoms with Gasteiger partial charge in [0.15, 0.2) is 0 Å². The summed E-state index contributed by atoms with van der Waals surface area (Å²) in [5, 5.41) is 7.31. The number of anilines is 1. The highest BCUT2D eigenvalue weighted by molar-refractivity contribution is 5.80. The Morgan fingerprint density at radius 1 is 1.28 bits per heavy atom. The largest absolute Gasteiger partial charge is 0.347 e. The molecule has 3 aromatic rings. The van der Waals surface area contributed by atoms with Crippen LogP contribution in [0.3, 0.4) is 0 Å². The van der Waals surface area contributed by atoms with Gasteiger partial charge in [-0.15, -0.1) is 0 Å². The third-order valence-electron chi connectivity index (χ3n) is 5.16. The Balaban J connectivity index is 1.58. The van der Waals surface area contributed by atoms with Crippen molar-refractivity contribution in [3.8, 4) is 11.3 Å². The molecule has 150 valence electrons. The average Bonchev–Trinajstić information content (AvgIpc) is 3.39. The molecule has 3 heterocycles. The lowest BCUT2D eigenvalue weighted by atomic mass is 10.0. The van der Waals surface area contributed by atoms with Gasteiger partial charge in [-0.25, -0.2) is 14.4 Å². The average molecular weight is 394 g/mol. The SMILES string of the molecule is CN(C)c1nccc(-c2cn[nH]c2[C@H]2CCCN2C(=O)Cc2ccc(F)cc2)n1. The van der Waals surface area contributed by atoms with Crippen LogP contribution in [0.25, 0.3) is 11.3 Å². The van der Waals surface area contributed by atoms with Gasteiger partial charge in [0, 0.05) is 32.4 Å². The number of likely N-dealkylation sites (tertiary alicyclic amines) is 1. The van der Waals surface area contributed by atoms with E-state index in [-0.39, 0.29) is 24.2 Å². The Bertz CT molecular complexity index is 1000. The van der Waals surface area contributed by atoms with E-state index in [1.165, 1.54) is 12.1 Å². The Kier molecular flexibility index (Phi) is 5.24. The highest BCUT2D eigenvalue weighted by Crippen LogP contribution is 2.36. The fourth-order valence-corrected chi connectivity index (χ4v) is 3.71. The zero-order valence-electron chi connectivity index (χ0n) is 16.5. The van der Waals surface area contributed by atoms with Gasteiger partial charge in [-0.05, 0) is 36.6 Å². The minimum atomic E-state index is -0.302. The molecule has 29 heavy (non-hydrogen) atoms. The summed E-state index contributed by atoms with van der Waals surface area (Å²) < 4.78 is 13.1. The molecule has 7 nitrogen and oxygen atoms in total. The van der Waals surface area contributed by atoms with Crippen LogP contribution in [-0.4, -0.2) is 51.6 Å². The standard InChI is InChI=1S/C21H23FN6O/c1-27(2)21-23-10-9-17(25-21)16-13-24-26-20(16)18-4-3-11-28(18)19(29)12-14-5-7-15(22)8-6-14/h5-10,13,18H,3-4,11-12H2,1-2H3,(H,24,26)/t18-/m1/s1. The Labute approximate surface area is 168 Å². The van der Waals surface area contributed by atoms with Gasteiger partial charge in [-0.1, -0.05) is 12.1 Å². The fraction of sp³-hybridized carbons (Fsp3) is 0.333. The van der Waals surface area contributed by atoms with Gasteiger partial charge in [-0.3, -0.25) is 9.89 Å². The minimum Gasteiger partial charge on any atom is -0.347 e. The predicted molar refractivity (Wildman–Crippen MR) is 108 cm³/mol. The molecule has 1 aliphatic heterocycles. The number of rotatable bonds is 5. The number of carbonyl (C=O) groups is 1. The second-order valence-electron chi connectivity index (χ2n) is 7.38. The number of aromatic nitrogens is 4. The van der Waals surface area contributed by atoms with Crippen molar-refractivity contribution in [2.75, 3.05) is 25.5 Å². The molecule has 1 aromatic carbocycles. The second kappa shape index (κ2) is 7.98. The molecule has 1 aliphatic rings. The Morgan fingerprint density at radius 3 is 2.83 bits per heavy atom. The van der Waals surface area contributed by atoms with Crippen molar-refractivity contribution in [1.82, 2.24) is 25.1 Å². The molecule has 0 radical (unpaired) electrons. The Morgan fingerprint density at radius 2 is 2.07 bits per heavy atom. The van der Waals surface area contributed by atoms with Gasteiger partial charge in [0.2, 0.25) is 11.9 Å². The van der Waals surface area contributed by atoms with E-state index in [0.717, 1.165) is 35.4 Å². The Hall–Kier alpha value is -3.29. The minimum absolute atomic E-state index is 0.0244. The first-order valence-electron chi connectivity index (χ1n) is 9.61. The van der Waals surface area contributed by atoms with Crippen molar-refractivity contribution >= 4 is 11.9 Å². The van der Waals surface area contributed by atoms with E-state index in [1.807, 2.05) is 30.0 Å². The van der Waals surface area contributed by atoms with E-state index in [0.29, 0.717) is 12.5 Å². The number of nitrogens with zero attached hydrogens (tertiary/aromatic N) is 5. The molecule has 1 saturated heterocycles. The van der Waals surface area contributed by atoms with Crippen LogP contribution >= 0.6 is 0 Å². The summed E-state index contributed by atoms with van der Waals surface area (Å²) in [6.07, 6.45) is 5.50. The van der Waals surface area contributed by atoms with Crippen LogP contribution in [0, 0.1) is 5.82 Å². The van der Waals surface area contributed by atoms with Gasteiger partial charge in [0.1, 0.15) is 5.82 Å². The predicted octanol–water partition coefficient (Wildman–Crippen LogP) is 2.98. The maximum Gasteiger partial charge on any atom is 0.227 e. The van der Waals surface area contributed by atoms with Crippen LogP contribution in [0.2, 0.25) is 0 Å². The van der Waals surface area contributed by atoms with E-state index < -0.39 is 0 Å². The quantitative estimate of drug-likeness (QED) is 0.720. The molecule has 1 fully saturated rings. The van der Waals surface area contributed by atoms with Gasteiger partial charge in [0.25, 0.3) is 0 Å². The van der Waals surface area contributed by atoms with E-state index in [4.69, 9.17) is 0 Å². The van der Waals surface area contributed by atoms with Crippen LogP contribution in [-0.2, 0) is 11.2 Å². The van der Waals surface area contributed by atoms with E-state index in [9.17, 15) is 9.18 Å². The lowest BCUT2D eigenvalue weighted by molar-refractivity contribution is -0.131. The number of aromatic amines is 1. The van der Waals surface area contributed by atoms with Crippen molar-refractivity contribution in [2.45, 2.75) is 25.3 Å².